The van der Waals surface area contributed by atoms with Gasteiger partial charge in [-0.25, -0.2) is 4.39 Å². The molecule has 2 aromatic rings. The van der Waals surface area contributed by atoms with Gasteiger partial charge in [0, 0.05) is 0 Å². The maximum Gasteiger partial charge on any atom is 0.276 e. The number of amides is 2. The molecule has 2 aromatic carbocycles. The molecule has 0 unspecified atom stereocenters. The van der Waals surface area contributed by atoms with E-state index >= 15 is 0 Å². The first-order valence-corrected chi connectivity index (χ1v) is 8.41. The summed E-state index contributed by atoms with van der Waals surface area (Å²) in [6, 6.07) is 10.5. The lowest BCUT2D eigenvalue weighted by atomic mass is 10.2. The van der Waals surface area contributed by atoms with Crippen LogP contribution >= 0.6 is 0 Å². The van der Waals surface area contributed by atoms with Crippen molar-refractivity contribution in [2.75, 3.05) is 20.3 Å². The number of halogens is 1. The number of hydrazine groups is 1. The Bertz CT molecular complexity index is 837. The van der Waals surface area contributed by atoms with E-state index < -0.39 is 17.6 Å². The summed E-state index contributed by atoms with van der Waals surface area (Å²) in [5.74, 6) is -0.325. The summed E-state index contributed by atoms with van der Waals surface area (Å²) in [4.78, 5) is 23.5. The minimum atomic E-state index is -0.578. The van der Waals surface area contributed by atoms with Gasteiger partial charge in [-0.05, 0) is 48.9 Å². The Morgan fingerprint density at radius 1 is 0.964 bits per heavy atom. The van der Waals surface area contributed by atoms with Gasteiger partial charge in [-0.2, -0.15) is 0 Å². The molecule has 0 saturated carbocycles. The molecule has 28 heavy (non-hydrogen) atoms. The van der Waals surface area contributed by atoms with E-state index in [0.29, 0.717) is 17.2 Å². The van der Waals surface area contributed by atoms with Crippen molar-refractivity contribution in [1.82, 2.24) is 10.9 Å². The molecule has 2 N–H and O–H groups in total. The van der Waals surface area contributed by atoms with Crippen LogP contribution in [0.4, 0.5) is 4.39 Å². The minimum Gasteiger partial charge on any atom is -0.493 e. The van der Waals surface area contributed by atoms with Gasteiger partial charge in [0.15, 0.2) is 24.7 Å². The molecule has 148 valence electrons. The van der Waals surface area contributed by atoms with Gasteiger partial charge in [0.2, 0.25) is 0 Å². The summed E-state index contributed by atoms with van der Waals surface area (Å²) in [5, 5.41) is 0. The van der Waals surface area contributed by atoms with E-state index in [1.807, 2.05) is 25.1 Å². The first-order chi connectivity index (χ1) is 13.5. The van der Waals surface area contributed by atoms with Crippen LogP contribution in [-0.4, -0.2) is 32.1 Å². The summed E-state index contributed by atoms with van der Waals surface area (Å²) in [6.45, 7) is 1.24. The molecule has 8 heteroatoms. The van der Waals surface area contributed by atoms with E-state index in [4.69, 9.17) is 14.2 Å². The fourth-order valence-electron chi connectivity index (χ4n) is 2.13. The zero-order valence-corrected chi connectivity index (χ0v) is 15.5. The molecule has 0 aliphatic heterocycles. The predicted octanol–water partition coefficient (Wildman–Crippen LogP) is 2.47. The fraction of sp³-hybridized carbons (Fsp3) is 0.200. The Morgan fingerprint density at radius 2 is 1.61 bits per heavy atom. The van der Waals surface area contributed by atoms with Crippen molar-refractivity contribution in [3.8, 4) is 17.2 Å². The lowest BCUT2D eigenvalue weighted by Crippen LogP contribution is -2.45. The van der Waals surface area contributed by atoms with Crippen LogP contribution in [0.5, 0.6) is 17.2 Å². The van der Waals surface area contributed by atoms with Gasteiger partial charge in [-0.3, -0.25) is 20.4 Å². The number of carbonyl (C=O) groups excluding carboxylic acids is 2. The molecule has 7 nitrogen and oxygen atoms in total. The second-order valence-electron chi connectivity index (χ2n) is 5.54. The quantitative estimate of drug-likeness (QED) is 0.679. The molecular weight excluding hydrogens is 367 g/mol. The van der Waals surface area contributed by atoms with Crippen LogP contribution in [0.2, 0.25) is 0 Å². The van der Waals surface area contributed by atoms with Crippen molar-refractivity contribution in [3.63, 3.8) is 0 Å². The second kappa shape index (κ2) is 10.6. The summed E-state index contributed by atoms with van der Waals surface area (Å²) < 4.78 is 28.6. The molecule has 2 rings (SSSR count). The first-order valence-electron chi connectivity index (χ1n) is 8.41. The van der Waals surface area contributed by atoms with Crippen LogP contribution in [0.3, 0.4) is 0 Å². The number of ether oxygens (including phenoxy) is 3. The molecule has 0 heterocycles. The van der Waals surface area contributed by atoms with Crippen LogP contribution in [0, 0.1) is 5.82 Å². The summed E-state index contributed by atoms with van der Waals surface area (Å²) in [6.07, 6.45) is 3.80. The fourth-order valence-corrected chi connectivity index (χ4v) is 2.13. The highest BCUT2D eigenvalue weighted by Gasteiger charge is 2.09. The Balaban J connectivity index is 1.74. The van der Waals surface area contributed by atoms with Crippen molar-refractivity contribution < 1.29 is 28.2 Å². The van der Waals surface area contributed by atoms with E-state index in [-0.39, 0.29) is 13.2 Å². The average molecular weight is 388 g/mol. The number of methoxy groups -OCH3 is 1. The Hall–Kier alpha value is -3.55. The summed E-state index contributed by atoms with van der Waals surface area (Å²) >= 11 is 0. The van der Waals surface area contributed by atoms with E-state index in [1.165, 1.54) is 31.4 Å². The maximum absolute atomic E-state index is 12.8. The molecule has 0 aliphatic carbocycles. The maximum atomic E-state index is 12.8. The largest absolute Gasteiger partial charge is 0.493 e. The number of benzene rings is 2. The zero-order chi connectivity index (χ0) is 20.4. The van der Waals surface area contributed by atoms with Crippen molar-refractivity contribution >= 4 is 17.9 Å². The van der Waals surface area contributed by atoms with E-state index in [0.717, 1.165) is 5.56 Å². The van der Waals surface area contributed by atoms with Crippen LogP contribution < -0.4 is 25.1 Å². The Morgan fingerprint density at radius 3 is 2.21 bits per heavy atom. The highest BCUT2D eigenvalue weighted by Crippen LogP contribution is 2.28. The van der Waals surface area contributed by atoms with E-state index in [2.05, 4.69) is 10.9 Å². The normalized spacial score (nSPS) is 10.4. The molecule has 0 atom stereocenters. The molecular formula is C20H21FN2O5. The molecule has 0 spiro atoms. The highest BCUT2D eigenvalue weighted by molar-refractivity contribution is 5.83. The van der Waals surface area contributed by atoms with E-state index in [9.17, 15) is 14.0 Å². The van der Waals surface area contributed by atoms with Gasteiger partial charge >= 0.3 is 0 Å². The Kier molecular flexibility index (Phi) is 7.83. The lowest BCUT2D eigenvalue weighted by molar-refractivity contribution is -0.131. The number of allylic oxidation sites excluding steroid dienone is 1. The van der Waals surface area contributed by atoms with Crippen LogP contribution in [0.15, 0.2) is 48.5 Å². The highest BCUT2D eigenvalue weighted by atomic mass is 19.1. The van der Waals surface area contributed by atoms with Gasteiger partial charge in [0.1, 0.15) is 11.6 Å². The van der Waals surface area contributed by atoms with Crippen molar-refractivity contribution in [2.24, 2.45) is 0 Å². The topological polar surface area (TPSA) is 85.9 Å². The van der Waals surface area contributed by atoms with Crippen LogP contribution in [0.1, 0.15) is 12.5 Å². The van der Waals surface area contributed by atoms with Gasteiger partial charge < -0.3 is 14.2 Å². The second-order valence-corrected chi connectivity index (χ2v) is 5.54. The van der Waals surface area contributed by atoms with Gasteiger partial charge in [-0.15, -0.1) is 0 Å². The number of hydrogen-bond donors (Lipinski definition) is 2. The average Bonchev–Trinajstić information content (AvgIpc) is 2.71. The Labute approximate surface area is 162 Å². The third-order valence-corrected chi connectivity index (χ3v) is 3.43. The molecule has 0 saturated heterocycles. The van der Waals surface area contributed by atoms with Gasteiger partial charge in [-0.1, -0.05) is 18.2 Å². The minimum absolute atomic E-state index is 0.321. The third-order valence-electron chi connectivity index (χ3n) is 3.43. The molecule has 0 fully saturated rings. The number of rotatable bonds is 8. The molecule has 0 aliphatic rings. The van der Waals surface area contributed by atoms with E-state index in [1.54, 1.807) is 12.1 Å². The lowest BCUT2D eigenvalue weighted by Gasteiger charge is -2.12. The summed E-state index contributed by atoms with van der Waals surface area (Å²) in [7, 11) is 1.50. The first kappa shape index (κ1) is 20.8. The smallest absolute Gasteiger partial charge is 0.276 e. The predicted molar refractivity (Wildman–Crippen MR) is 101 cm³/mol. The number of hydrogen-bond acceptors (Lipinski definition) is 5. The monoisotopic (exact) mass is 388 g/mol. The van der Waals surface area contributed by atoms with Gasteiger partial charge in [0.05, 0.1) is 7.11 Å². The number of nitrogens with one attached hydrogen (secondary N) is 2. The third kappa shape index (κ3) is 6.64. The molecule has 0 aromatic heterocycles. The molecule has 2 amide bonds. The molecule has 0 radical (unpaired) electrons. The SMILES string of the molecule is CC=Cc1ccc(OCC(=O)NNC(=O)COc2ccc(F)cc2)c(OC)c1. The van der Waals surface area contributed by atoms with Crippen LogP contribution in [0.25, 0.3) is 6.08 Å². The van der Waals surface area contributed by atoms with Crippen molar-refractivity contribution in [1.29, 1.82) is 0 Å². The van der Waals surface area contributed by atoms with Crippen LogP contribution in [-0.2, 0) is 9.59 Å². The van der Waals surface area contributed by atoms with Crippen molar-refractivity contribution in [3.05, 3.63) is 59.9 Å². The van der Waals surface area contributed by atoms with Gasteiger partial charge in [0.25, 0.3) is 11.8 Å². The molecule has 0 bridgehead atoms. The summed E-state index contributed by atoms with van der Waals surface area (Å²) in [5.41, 5.74) is 5.34. The van der Waals surface area contributed by atoms with Crippen molar-refractivity contribution in [2.45, 2.75) is 6.92 Å². The zero-order valence-electron chi connectivity index (χ0n) is 15.5. The standard InChI is InChI=1S/C20H21FN2O5/c1-3-4-14-5-10-17(18(11-14)26-2)28-13-20(25)23-22-19(24)12-27-16-8-6-15(21)7-9-16/h3-11H,12-13H2,1-2H3,(H,22,24)(H,23,25). The number of carbonyl (C=O) groups is 2.